The highest BCUT2D eigenvalue weighted by atomic mass is 16.7. The lowest BCUT2D eigenvalue weighted by atomic mass is 9.94. The second kappa shape index (κ2) is 38.4. The van der Waals surface area contributed by atoms with Crippen LogP contribution in [0.3, 0.4) is 0 Å². The molecular formula is C44H86N2O7. The van der Waals surface area contributed by atoms with Crippen LogP contribution in [0.2, 0.25) is 0 Å². The van der Waals surface area contributed by atoms with Crippen LogP contribution in [0.15, 0.2) is 0 Å². The highest BCUT2D eigenvalue weighted by Gasteiger charge is 2.21. The predicted octanol–water partition coefficient (Wildman–Crippen LogP) is 11.3. The number of hydrogen-bond acceptors (Lipinski definition) is 9. The Hall–Kier alpha value is -1.87. The molecule has 0 aliphatic rings. The van der Waals surface area contributed by atoms with Crippen LogP contribution in [0.25, 0.3) is 0 Å². The number of esters is 2. The molecule has 9 heteroatoms. The van der Waals surface area contributed by atoms with Crippen molar-refractivity contribution < 1.29 is 33.3 Å². The average Bonchev–Trinajstić information content (AvgIpc) is 3.15. The number of unbranched alkanes of at least 4 members (excludes halogenated alkanes) is 13. The molecule has 0 fully saturated rings. The van der Waals surface area contributed by atoms with Crippen molar-refractivity contribution in [3.8, 4) is 0 Å². The van der Waals surface area contributed by atoms with E-state index in [4.69, 9.17) is 18.9 Å². The van der Waals surface area contributed by atoms with Crippen LogP contribution < -0.4 is 0 Å². The van der Waals surface area contributed by atoms with E-state index in [1.165, 1.54) is 57.8 Å². The summed E-state index contributed by atoms with van der Waals surface area (Å²) >= 11 is 0. The van der Waals surface area contributed by atoms with Crippen molar-refractivity contribution in [3.05, 3.63) is 0 Å². The van der Waals surface area contributed by atoms with Crippen molar-refractivity contribution >= 4 is 18.1 Å². The fourth-order valence-corrected chi connectivity index (χ4v) is 6.73. The van der Waals surface area contributed by atoms with Crippen molar-refractivity contribution in [3.63, 3.8) is 0 Å². The van der Waals surface area contributed by atoms with E-state index in [1.807, 2.05) is 0 Å². The summed E-state index contributed by atoms with van der Waals surface area (Å²) in [5.41, 5.74) is 0. The average molecular weight is 755 g/mol. The topological polar surface area (TPSA) is 94.6 Å². The zero-order valence-electron chi connectivity index (χ0n) is 35.7. The van der Waals surface area contributed by atoms with Crippen LogP contribution in [-0.4, -0.2) is 93.1 Å². The van der Waals surface area contributed by atoms with Gasteiger partial charge in [0.25, 0.3) is 0 Å². The Kier molecular flexibility index (Phi) is 37.1. The first kappa shape index (κ1) is 51.1. The fraction of sp³-hybridized carbons (Fsp3) is 0.932. The standard InChI is InChI=1S/C44H86N2O7/c1-7-13-17-21-25-37-50-42(47)32-26-31-41(30-24-20-16-10-4)53-44(49)52-39-36-46(34-27-33-45(11-5)12-6)35-38-51-43(48)40(28-22-18-14-8-2)29-23-19-15-9-3/h40-41H,7-39H2,1-6H3. The molecule has 0 heterocycles. The molecular weight excluding hydrogens is 668 g/mol. The third-order valence-electron chi connectivity index (χ3n) is 10.3. The molecule has 0 spiro atoms. The smallest absolute Gasteiger partial charge is 0.466 e. The zero-order valence-corrected chi connectivity index (χ0v) is 35.7. The number of carbonyl (C=O) groups excluding carboxylic acids is 3. The Labute approximate surface area is 327 Å². The van der Waals surface area contributed by atoms with Gasteiger partial charge in [0.15, 0.2) is 0 Å². The van der Waals surface area contributed by atoms with Crippen molar-refractivity contribution in [1.29, 1.82) is 0 Å². The molecule has 314 valence electrons. The Morgan fingerprint density at radius 3 is 1.51 bits per heavy atom. The number of nitrogens with zero attached hydrogens (tertiary/aromatic N) is 2. The lowest BCUT2D eigenvalue weighted by Gasteiger charge is -2.25. The van der Waals surface area contributed by atoms with Gasteiger partial charge < -0.3 is 23.8 Å². The number of rotatable bonds is 39. The monoisotopic (exact) mass is 755 g/mol. The quantitative estimate of drug-likeness (QED) is 0.0345. The van der Waals surface area contributed by atoms with Crippen LogP contribution in [0.1, 0.15) is 196 Å². The third-order valence-corrected chi connectivity index (χ3v) is 10.3. The molecule has 1 atom stereocenters. The van der Waals surface area contributed by atoms with Gasteiger partial charge >= 0.3 is 18.1 Å². The first-order valence-corrected chi connectivity index (χ1v) is 22.4. The van der Waals surface area contributed by atoms with Gasteiger partial charge in [-0.15, -0.1) is 0 Å². The molecule has 0 aliphatic carbocycles. The van der Waals surface area contributed by atoms with E-state index in [-0.39, 0.29) is 30.6 Å². The van der Waals surface area contributed by atoms with Crippen molar-refractivity contribution in [2.45, 2.75) is 202 Å². The third kappa shape index (κ3) is 32.1. The molecule has 0 saturated carbocycles. The molecule has 0 radical (unpaired) electrons. The minimum Gasteiger partial charge on any atom is -0.466 e. The molecule has 0 aromatic heterocycles. The summed E-state index contributed by atoms with van der Waals surface area (Å²) in [5, 5.41) is 0. The van der Waals surface area contributed by atoms with E-state index in [1.54, 1.807) is 0 Å². The lowest BCUT2D eigenvalue weighted by Crippen LogP contribution is -2.35. The van der Waals surface area contributed by atoms with Gasteiger partial charge in [0.2, 0.25) is 0 Å². The summed E-state index contributed by atoms with van der Waals surface area (Å²) in [6.07, 6.45) is 23.5. The van der Waals surface area contributed by atoms with Crippen LogP contribution in [0.5, 0.6) is 0 Å². The predicted molar refractivity (Wildman–Crippen MR) is 219 cm³/mol. The maximum absolute atomic E-state index is 13.2. The highest BCUT2D eigenvalue weighted by Crippen LogP contribution is 2.20. The van der Waals surface area contributed by atoms with Gasteiger partial charge in [0, 0.05) is 19.5 Å². The van der Waals surface area contributed by atoms with Crippen LogP contribution >= 0.6 is 0 Å². The van der Waals surface area contributed by atoms with Crippen molar-refractivity contribution in [2.75, 3.05) is 59.1 Å². The first-order valence-electron chi connectivity index (χ1n) is 22.4. The Bertz CT molecular complexity index is 827. The number of carbonyl (C=O) groups is 3. The molecule has 0 bridgehead atoms. The SMILES string of the molecule is CCCCCCCOC(=O)CCCC(CCCCCC)OC(=O)OCCN(CCCN(CC)CC)CCOC(=O)C(CCCCCC)CCCCCC. The fourth-order valence-electron chi connectivity index (χ4n) is 6.73. The second-order valence-electron chi connectivity index (χ2n) is 15.0. The largest absolute Gasteiger partial charge is 0.508 e. The second-order valence-corrected chi connectivity index (χ2v) is 15.0. The van der Waals surface area contributed by atoms with Crippen LogP contribution in [0, 0.1) is 5.92 Å². The van der Waals surface area contributed by atoms with E-state index in [0.29, 0.717) is 45.6 Å². The molecule has 0 saturated heterocycles. The Balaban J connectivity index is 5.03. The van der Waals surface area contributed by atoms with Gasteiger partial charge in [0.1, 0.15) is 19.3 Å². The molecule has 0 amide bonds. The summed E-state index contributed by atoms with van der Waals surface area (Å²) in [4.78, 5) is 43.0. The van der Waals surface area contributed by atoms with Crippen LogP contribution in [0.4, 0.5) is 4.79 Å². The van der Waals surface area contributed by atoms with Crippen LogP contribution in [-0.2, 0) is 28.5 Å². The summed E-state index contributed by atoms with van der Waals surface area (Å²) in [6, 6.07) is 0. The Morgan fingerprint density at radius 1 is 0.453 bits per heavy atom. The zero-order chi connectivity index (χ0) is 39.2. The van der Waals surface area contributed by atoms with Crippen molar-refractivity contribution in [1.82, 2.24) is 9.80 Å². The summed E-state index contributed by atoms with van der Waals surface area (Å²) in [5.74, 6) is -0.241. The molecule has 53 heavy (non-hydrogen) atoms. The molecule has 0 aromatic carbocycles. The van der Waals surface area contributed by atoms with E-state index in [0.717, 1.165) is 103 Å². The van der Waals surface area contributed by atoms with Crippen molar-refractivity contribution in [2.24, 2.45) is 5.92 Å². The van der Waals surface area contributed by atoms with Gasteiger partial charge in [-0.05, 0) is 77.5 Å². The lowest BCUT2D eigenvalue weighted by molar-refractivity contribution is -0.149. The van der Waals surface area contributed by atoms with Gasteiger partial charge in [0.05, 0.1) is 12.5 Å². The Morgan fingerprint density at radius 2 is 0.943 bits per heavy atom. The van der Waals surface area contributed by atoms with Gasteiger partial charge in [-0.2, -0.15) is 0 Å². The van der Waals surface area contributed by atoms with Gasteiger partial charge in [-0.1, -0.05) is 138 Å². The first-order chi connectivity index (χ1) is 25.8. The minimum absolute atomic E-state index is 0.0150. The molecule has 0 N–H and O–H groups in total. The molecule has 0 aliphatic heterocycles. The van der Waals surface area contributed by atoms with E-state index in [2.05, 4.69) is 51.3 Å². The molecule has 0 rings (SSSR count). The summed E-state index contributed by atoms with van der Waals surface area (Å²) in [6.45, 7) is 19.2. The maximum Gasteiger partial charge on any atom is 0.508 e. The molecule has 0 aromatic rings. The van der Waals surface area contributed by atoms with E-state index < -0.39 is 6.16 Å². The normalized spacial score (nSPS) is 12.1. The maximum atomic E-state index is 13.2. The van der Waals surface area contributed by atoms with E-state index >= 15 is 0 Å². The number of ether oxygens (including phenoxy) is 4. The summed E-state index contributed by atoms with van der Waals surface area (Å²) in [7, 11) is 0. The van der Waals surface area contributed by atoms with Gasteiger partial charge in [-0.25, -0.2) is 4.79 Å². The minimum atomic E-state index is -0.649. The molecule has 1 unspecified atom stereocenters. The molecule has 9 nitrogen and oxygen atoms in total. The number of hydrogen-bond donors (Lipinski definition) is 0. The van der Waals surface area contributed by atoms with Gasteiger partial charge in [-0.3, -0.25) is 14.5 Å². The summed E-state index contributed by atoms with van der Waals surface area (Å²) < 4.78 is 22.7. The van der Waals surface area contributed by atoms with E-state index in [9.17, 15) is 14.4 Å². The highest BCUT2D eigenvalue weighted by molar-refractivity contribution is 5.72.